The van der Waals surface area contributed by atoms with Crippen molar-refractivity contribution in [3.63, 3.8) is 0 Å². The standard InChI is InChI=1S/C22H28F3N5O/c1-3-29(4-2)20(31)17-8-6-12-30(15-17)21-26-11-10-19(28-21)27-14-16-7-5-9-18(13-16)22(23,24)25/h5,7,9-11,13,17H,3-4,6,8,12,14-15H2,1-2H3,(H,26,27,28). The summed E-state index contributed by atoms with van der Waals surface area (Å²) in [5, 5.41) is 3.07. The molecule has 1 aromatic carbocycles. The largest absolute Gasteiger partial charge is 0.416 e. The van der Waals surface area contributed by atoms with Gasteiger partial charge in [-0.25, -0.2) is 4.98 Å². The lowest BCUT2D eigenvalue weighted by Crippen LogP contribution is -2.45. The van der Waals surface area contributed by atoms with E-state index in [1.807, 2.05) is 23.6 Å². The van der Waals surface area contributed by atoms with Crippen molar-refractivity contribution in [2.45, 2.75) is 39.4 Å². The van der Waals surface area contributed by atoms with Gasteiger partial charge in [-0.2, -0.15) is 18.2 Å². The molecule has 0 aliphatic carbocycles. The van der Waals surface area contributed by atoms with E-state index in [1.54, 1.807) is 18.3 Å². The van der Waals surface area contributed by atoms with E-state index in [2.05, 4.69) is 15.3 Å². The number of piperidine rings is 1. The number of aromatic nitrogens is 2. The lowest BCUT2D eigenvalue weighted by molar-refractivity contribution is -0.137. The van der Waals surface area contributed by atoms with Crippen molar-refractivity contribution in [2.24, 2.45) is 5.92 Å². The molecule has 0 radical (unpaired) electrons. The molecule has 6 nitrogen and oxygen atoms in total. The second-order valence-corrected chi connectivity index (χ2v) is 7.59. The molecular weight excluding hydrogens is 407 g/mol. The van der Waals surface area contributed by atoms with Crippen LogP contribution in [0.15, 0.2) is 36.5 Å². The fraction of sp³-hybridized carbons (Fsp3) is 0.500. The Bertz CT molecular complexity index is 885. The van der Waals surface area contributed by atoms with E-state index in [1.165, 1.54) is 6.07 Å². The summed E-state index contributed by atoms with van der Waals surface area (Å²) in [4.78, 5) is 25.4. The summed E-state index contributed by atoms with van der Waals surface area (Å²) in [7, 11) is 0. The van der Waals surface area contributed by atoms with Crippen LogP contribution in [0.2, 0.25) is 0 Å². The zero-order valence-electron chi connectivity index (χ0n) is 17.8. The van der Waals surface area contributed by atoms with Crippen molar-refractivity contribution < 1.29 is 18.0 Å². The van der Waals surface area contributed by atoms with Crippen LogP contribution in [-0.4, -0.2) is 47.0 Å². The molecule has 2 heterocycles. The van der Waals surface area contributed by atoms with Crippen LogP contribution in [0.3, 0.4) is 0 Å². The van der Waals surface area contributed by atoms with E-state index in [-0.39, 0.29) is 18.4 Å². The molecule has 2 aromatic rings. The molecule has 1 aliphatic heterocycles. The summed E-state index contributed by atoms with van der Waals surface area (Å²) in [6.45, 7) is 6.87. The Morgan fingerprint density at radius 1 is 1.26 bits per heavy atom. The highest BCUT2D eigenvalue weighted by Gasteiger charge is 2.31. The average molecular weight is 435 g/mol. The number of nitrogens with one attached hydrogen (secondary N) is 1. The molecule has 1 atom stereocenters. The molecule has 1 unspecified atom stereocenters. The maximum atomic E-state index is 12.9. The molecule has 1 amide bonds. The van der Waals surface area contributed by atoms with Crippen LogP contribution < -0.4 is 10.2 Å². The molecule has 1 aromatic heterocycles. The predicted molar refractivity (Wildman–Crippen MR) is 114 cm³/mol. The molecule has 31 heavy (non-hydrogen) atoms. The zero-order valence-corrected chi connectivity index (χ0v) is 17.8. The van der Waals surface area contributed by atoms with Gasteiger partial charge in [-0.3, -0.25) is 4.79 Å². The third kappa shape index (κ3) is 5.86. The van der Waals surface area contributed by atoms with E-state index in [0.29, 0.717) is 37.0 Å². The first kappa shape index (κ1) is 22.8. The van der Waals surface area contributed by atoms with Crippen molar-refractivity contribution in [1.29, 1.82) is 0 Å². The fourth-order valence-electron chi connectivity index (χ4n) is 3.80. The molecular formula is C22H28F3N5O. The molecule has 0 bridgehead atoms. The third-order valence-corrected chi connectivity index (χ3v) is 5.50. The average Bonchev–Trinajstić information content (AvgIpc) is 2.78. The fourth-order valence-corrected chi connectivity index (χ4v) is 3.80. The van der Waals surface area contributed by atoms with Gasteiger partial charge in [0, 0.05) is 38.9 Å². The molecule has 1 aliphatic rings. The van der Waals surface area contributed by atoms with Crippen LogP contribution in [-0.2, 0) is 17.5 Å². The highest BCUT2D eigenvalue weighted by molar-refractivity contribution is 5.79. The van der Waals surface area contributed by atoms with Crippen LogP contribution in [0.25, 0.3) is 0 Å². The van der Waals surface area contributed by atoms with Gasteiger partial charge in [0.25, 0.3) is 0 Å². The van der Waals surface area contributed by atoms with Gasteiger partial charge in [-0.1, -0.05) is 12.1 Å². The predicted octanol–water partition coefficient (Wildman–Crippen LogP) is 4.19. The SMILES string of the molecule is CCN(CC)C(=O)C1CCCN(c2nccc(NCc3cccc(C(F)(F)F)c3)n2)C1. The number of benzene rings is 1. The number of alkyl halides is 3. The Morgan fingerprint density at radius 2 is 2.03 bits per heavy atom. The van der Waals surface area contributed by atoms with Gasteiger partial charge in [-0.05, 0) is 50.5 Å². The van der Waals surface area contributed by atoms with Crippen LogP contribution in [0.5, 0.6) is 0 Å². The topological polar surface area (TPSA) is 61.4 Å². The number of carbonyl (C=O) groups excluding carboxylic acids is 1. The highest BCUT2D eigenvalue weighted by atomic mass is 19.4. The molecule has 1 fully saturated rings. The second kappa shape index (κ2) is 9.98. The number of nitrogens with zero attached hydrogens (tertiary/aromatic N) is 4. The first-order valence-corrected chi connectivity index (χ1v) is 10.6. The highest BCUT2D eigenvalue weighted by Crippen LogP contribution is 2.29. The maximum Gasteiger partial charge on any atom is 0.416 e. The number of carbonyl (C=O) groups is 1. The molecule has 1 N–H and O–H groups in total. The minimum absolute atomic E-state index is 0.0843. The van der Waals surface area contributed by atoms with Crippen molar-refractivity contribution in [3.05, 3.63) is 47.7 Å². The van der Waals surface area contributed by atoms with E-state index in [9.17, 15) is 18.0 Å². The van der Waals surface area contributed by atoms with Crippen LogP contribution >= 0.6 is 0 Å². The Kier molecular flexibility index (Phi) is 7.35. The lowest BCUT2D eigenvalue weighted by atomic mass is 9.96. The van der Waals surface area contributed by atoms with Crippen molar-refractivity contribution in [3.8, 4) is 0 Å². The normalized spacial score (nSPS) is 16.8. The Morgan fingerprint density at radius 3 is 2.74 bits per heavy atom. The summed E-state index contributed by atoms with van der Waals surface area (Å²) >= 11 is 0. The van der Waals surface area contributed by atoms with Crippen molar-refractivity contribution in [2.75, 3.05) is 36.4 Å². The number of anilines is 2. The summed E-state index contributed by atoms with van der Waals surface area (Å²) in [6.07, 6.45) is -1.03. The first-order chi connectivity index (χ1) is 14.8. The van der Waals surface area contributed by atoms with Crippen molar-refractivity contribution in [1.82, 2.24) is 14.9 Å². The summed E-state index contributed by atoms with van der Waals surface area (Å²) in [5.41, 5.74) is -0.162. The monoisotopic (exact) mass is 435 g/mol. The van der Waals surface area contributed by atoms with E-state index in [0.717, 1.165) is 31.5 Å². The number of rotatable bonds is 7. The first-order valence-electron chi connectivity index (χ1n) is 10.6. The maximum absolute atomic E-state index is 12.9. The third-order valence-electron chi connectivity index (χ3n) is 5.50. The van der Waals surface area contributed by atoms with Gasteiger partial charge in [-0.15, -0.1) is 0 Å². The van der Waals surface area contributed by atoms with Crippen LogP contribution in [0.4, 0.5) is 24.9 Å². The van der Waals surface area contributed by atoms with Crippen LogP contribution in [0, 0.1) is 5.92 Å². The molecule has 168 valence electrons. The van der Waals surface area contributed by atoms with Gasteiger partial charge in [0.1, 0.15) is 5.82 Å². The summed E-state index contributed by atoms with van der Waals surface area (Å²) < 4.78 is 38.7. The Labute approximate surface area is 180 Å². The quantitative estimate of drug-likeness (QED) is 0.707. The molecule has 3 rings (SSSR count). The lowest BCUT2D eigenvalue weighted by Gasteiger charge is -2.34. The molecule has 0 spiro atoms. The van der Waals surface area contributed by atoms with Gasteiger partial charge in [0.2, 0.25) is 11.9 Å². The van der Waals surface area contributed by atoms with Gasteiger partial charge in [0.05, 0.1) is 11.5 Å². The zero-order chi connectivity index (χ0) is 22.4. The van der Waals surface area contributed by atoms with Crippen molar-refractivity contribution >= 4 is 17.7 Å². The van der Waals surface area contributed by atoms with Gasteiger partial charge < -0.3 is 15.1 Å². The van der Waals surface area contributed by atoms with Crippen LogP contribution in [0.1, 0.15) is 37.8 Å². The minimum Gasteiger partial charge on any atom is -0.366 e. The smallest absolute Gasteiger partial charge is 0.366 e. The minimum atomic E-state index is -4.37. The summed E-state index contributed by atoms with van der Waals surface area (Å²) in [6, 6.07) is 6.89. The molecule has 1 saturated heterocycles. The van der Waals surface area contributed by atoms with Gasteiger partial charge >= 0.3 is 6.18 Å². The van der Waals surface area contributed by atoms with E-state index in [4.69, 9.17) is 0 Å². The molecule has 0 saturated carbocycles. The van der Waals surface area contributed by atoms with Gasteiger partial charge in [0.15, 0.2) is 0 Å². The Balaban J connectivity index is 1.65. The van der Waals surface area contributed by atoms with E-state index < -0.39 is 11.7 Å². The molecule has 9 heteroatoms. The number of amides is 1. The number of hydrogen-bond acceptors (Lipinski definition) is 5. The number of hydrogen-bond donors (Lipinski definition) is 1. The second-order valence-electron chi connectivity index (χ2n) is 7.59. The number of halogens is 3. The van der Waals surface area contributed by atoms with E-state index >= 15 is 0 Å². The Hall–Kier alpha value is -2.84. The summed E-state index contributed by atoms with van der Waals surface area (Å²) in [5.74, 6) is 1.12.